The molecule has 0 atom stereocenters. The van der Waals surface area contributed by atoms with Crippen molar-refractivity contribution < 1.29 is 0 Å². The van der Waals surface area contributed by atoms with Gasteiger partial charge in [0.2, 0.25) is 0 Å². The Morgan fingerprint density at radius 2 is 2.38 bits per heavy atom. The zero-order valence-corrected chi connectivity index (χ0v) is 8.38. The quantitative estimate of drug-likeness (QED) is 0.710. The normalized spacial score (nSPS) is 14.0. The van der Waals surface area contributed by atoms with E-state index >= 15 is 0 Å². The van der Waals surface area contributed by atoms with Gasteiger partial charge in [-0.05, 0) is 6.08 Å². The molecule has 3 nitrogen and oxygen atoms in total. The first-order chi connectivity index (χ1) is 6.42. The Morgan fingerprint density at radius 3 is 3.08 bits per heavy atom. The summed E-state index contributed by atoms with van der Waals surface area (Å²) in [5.41, 5.74) is 1.26. The summed E-state index contributed by atoms with van der Waals surface area (Å²) in [6.07, 6.45) is 3.71. The molecule has 0 amide bonds. The summed E-state index contributed by atoms with van der Waals surface area (Å²) in [4.78, 5) is 4.22. The largest absolute Gasteiger partial charge is 0.326 e. The molecule has 0 unspecified atom stereocenters. The van der Waals surface area contributed by atoms with Crippen molar-refractivity contribution in [2.24, 2.45) is 0 Å². The van der Waals surface area contributed by atoms with Crippen LogP contribution in [0.1, 0.15) is 25.4 Å². The molecule has 3 heteroatoms. The molecular formula is C10H17N3. The summed E-state index contributed by atoms with van der Waals surface area (Å²) in [7, 11) is 0. The Kier molecular flexibility index (Phi) is 3.71. The Bertz CT molecular complexity index is 276. The Hall–Kier alpha value is -1.09. The molecular weight excluding hydrogens is 162 g/mol. The first kappa shape index (κ1) is 9.99. The summed E-state index contributed by atoms with van der Waals surface area (Å²) in [6.45, 7) is 10.7. The van der Waals surface area contributed by atoms with Gasteiger partial charge in [0.15, 0.2) is 0 Å². The van der Waals surface area contributed by atoms with Crippen LogP contribution in [-0.4, -0.2) is 16.1 Å². The Balaban J connectivity index is 0.000000396. The number of hydrogen-bond donors (Lipinski definition) is 1. The number of nitrogens with one attached hydrogen (secondary N) is 1. The summed E-state index contributed by atoms with van der Waals surface area (Å²) in [5, 5.41) is 3.28. The monoisotopic (exact) mass is 179 g/mol. The number of rotatable bonds is 1. The van der Waals surface area contributed by atoms with Gasteiger partial charge in [-0.2, -0.15) is 0 Å². The maximum Gasteiger partial charge on any atom is 0.132 e. The lowest BCUT2D eigenvalue weighted by atomic mass is 10.3. The van der Waals surface area contributed by atoms with E-state index in [4.69, 9.17) is 0 Å². The van der Waals surface area contributed by atoms with Gasteiger partial charge in [-0.15, -0.1) is 0 Å². The maximum atomic E-state index is 4.22. The fraction of sp³-hybridized carbons (Fsp3) is 0.500. The van der Waals surface area contributed by atoms with Crippen LogP contribution in [0.5, 0.6) is 0 Å². The van der Waals surface area contributed by atoms with Crippen LogP contribution in [-0.2, 0) is 13.1 Å². The highest BCUT2D eigenvalue weighted by Crippen LogP contribution is 2.08. The molecule has 0 radical (unpaired) electrons. The molecule has 0 saturated heterocycles. The van der Waals surface area contributed by atoms with Crippen molar-refractivity contribution in [3.8, 4) is 0 Å². The number of aromatic nitrogens is 2. The maximum absolute atomic E-state index is 4.22. The highest BCUT2D eigenvalue weighted by Gasteiger charge is 2.10. The molecule has 0 aliphatic carbocycles. The van der Waals surface area contributed by atoms with E-state index < -0.39 is 0 Å². The molecule has 0 aromatic carbocycles. The van der Waals surface area contributed by atoms with Gasteiger partial charge in [-0.25, -0.2) is 4.98 Å². The van der Waals surface area contributed by atoms with Gasteiger partial charge in [-0.3, -0.25) is 0 Å². The fourth-order valence-corrected chi connectivity index (χ4v) is 1.40. The van der Waals surface area contributed by atoms with E-state index in [0.717, 1.165) is 25.5 Å². The van der Waals surface area contributed by atoms with Crippen molar-refractivity contribution in [3.63, 3.8) is 0 Å². The smallest absolute Gasteiger partial charge is 0.132 e. The fourth-order valence-electron chi connectivity index (χ4n) is 1.40. The molecule has 0 spiro atoms. The van der Waals surface area contributed by atoms with Crippen LogP contribution in [0.25, 0.3) is 6.08 Å². The predicted octanol–water partition coefficient (Wildman–Crippen LogP) is 1.66. The van der Waals surface area contributed by atoms with Gasteiger partial charge >= 0.3 is 0 Å². The minimum absolute atomic E-state index is 0.931. The lowest BCUT2D eigenvalue weighted by molar-refractivity contribution is 0.513. The summed E-state index contributed by atoms with van der Waals surface area (Å²) < 4.78 is 2.20. The third-order valence-corrected chi connectivity index (χ3v) is 1.97. The number of hydrogen-bond acceptors (Lipinski definition) is 2. The molecule has 1 aromatic heterocycles. The molecule has 1 N–H and O–H groups in total. The average Bonchev–Trinajstić information content (AvgIpc) is 2.64. The van der Waals surface area contributed by atoms with Crippen molar-refractivity contribution in [1.29, 1.82) is 0 Å². The van der Waals surface area contributed by atoms with Crippen molar-refractivity contribution in [1.82, 2.24) is 14.9 Å². The van der Waals surface area contributed by atoms with E-state index in [1.54, 1.807) is 6.08 Å². The van der Waals surface area contributed by atoms with Crippen LogP contribution >= 0.6 is 0 Å². The third-order valence-electron chi connectivity index (χ3n) is 1.97. The van der Waals surface area contributed by atoms with Crippen LogP contribution in [0.3, 0.4) is 0 Å². The Morgan fingerprint density at radius 1 is 1.62 bits per heavy atom. The minimum Gasteiger partial charge on any atom is -0.326 e. The van der Waals surface area contributed by atoms with Gasteiger partial charge in [0.25, 0.3) is 0 Å². The second-order valence-electron chi connectivity index (χ2n) is 2.64. The van der Waals surface area contributed by atoms with Gasteiger partial charge in [0.05, 0.1) is 11.9 Å². The highest BCUT2D eigenvalue weighted by molar-refractivity contribution is 5.38. The molecule has 2 rings (SSSR count). The summed E-state index contributed by atoms with van der Waals surface area (Å²) in [6, 6.07) is 0. The molecule has 0 saturated carbocycles. The van der Waals surface area contributed by atoms with E-state index in [0.29, 0.717) is 0 Å². The van der Waals surface area contributed by atoms with Crippen LogP contribution in [0.2, 0.25) is 0 Å². The predicted molar refractivity (Wildman–Crippen MR) is 55.4 cm³/mol. The van der Waals surface area contributed by atoms with Crippen molar-refractivity contribution in [2.45, 2.75) is 26.9 Å². The van der Waals surface area contributed by atoms with E-state index in [1.807, 2.05) is 20.0 Å². The first-order valence-corrected chi connectivity index (χ1v) is 4.79. The van der Waals surface area contributed by atoms with E-state index in [2.05, 4.69) is 21.4 Å². The Labute approximate surface area is 79.5 Å². The molecule has 2 heterocycles. The molecule has 72 valence electrons. The third kappa shape index (κ3) is 1.98. The molecule has 1 aliphatic rings. The van der Waals surface area contributed by atoms with E-state index in [9.17, 15) is 0 Å². The minimum atomic E-state index is 0.931. The topological polar surface area (TPSA) is 29.9 Å². The van der Waals surface area contributed by atoms with Crippen LogP contribution in [0.4, 0.5) is 0 Å². The number of imidazole rings is 1. The van der Waals surface area contributed by atoms with E-state index in [-0.39, 0.29) is 0 Å². The van der Waals surface area contributed by atoms with Gasteiger partial charge in [0, 0.05) is 19.6 Å². The van der Waals surface area contributed by atoms with Gasteiger partial charge < -0.3 is 9.88 Å². The molecule has 1 aromatic rings. The lowest BCUT2D eigenvalue weighted by Gasteiger charge is -2.16. The molecule has 1 aliphatic heterocycles. The summed E-state index contributed by atoms with van der Waals surface area (Å²) in [5.74, 6) is 0.988. The van der Waals surface area contributed by atoms with Crippen LogP contribution in [0, 0.1) is 0 Å². The van der Waals surface area contributed by atoms with Gasteiger partial charge in [0.1, 0.15) is 5.82 Å². The zero-order valence-electron chi connectivity index (χ0n) is 8.38. The van der Waals surface area contributed by atoms with Crippen molar-refractivity contribution >= 4 is 6.08 Å². The highest BCUT2D eigenvalue weighted by atomic mass is 15.1. The second kappa shape index (κ2) is 4.82. The second-order valence-corrected chi connectivity index (χ2v) is 2.64. The average molecular weight is 179 g/mol. The number of fused-ring (bicyclic) bond motifs is 1. The zero-order chi connectivity index (χ0) is 9.68. The van der Waals surface area contributed by atoms with E-state index in [1.165, 1.54) is 5.69 Å². The number of nitrogens with zero attached hydrogens (tertiary/aromatic N) is 2. The van der Waals surface area contributed by atoms with Gasteiger partial charge in [-0.1, -0.05) is 20.4 Å². The van der Waals surface area contributed by atoms with Crippen molar-refractivity contribution in [2.75, 3.05) is 6.54 Å². The summed E-state index contributed by atoms with van der Waals surface area (Å²) >= 11 is 0. The molecule has 13 heavy (non-hydrogen) atoms. The molecule has 0 bridgehead atoms. The van der Waals surface area contributed by atoms with Crippen LogP contribution in [0.15, 0.2) is 12.8 Å². The SMILES string of the molecule is C=Cc1ncc2n1CCNC2.CC. The lowest BCUT2D eigenvalue weighted by Crippen LogP contribution is -2.28. The van der Waals surface area contributed by atoms with Crippen LogP contribution < -0.4 is 5.32 Å². The molecule has 0 fully saturated rings. The first-order valence-electron chi connectivity index (χ1n) is 4.79. The standard InChI is InChI=1S/C8H11N3.C2H6/c1-2-8-10-6-7-5-9-3-4-11(7)8;1-2/h2,6,9H,1,3-5H2;1-2H3. The van der Waals surface area contributed by atoms with Crippen molar-refractivity contribution in [3.05, 3.63) is 24.3 Å².